The lowest BCUT2D eigenvalue weighted by atomic mass is 9.89. The molecule has 1 aliphatic carbocycles. The molecule has 4 heteroatoms. The molecule has 2 unspecified atom stereocenters. The molecule has 0 bridgehead atoms. The number of aliphatic hydroxyl groups excluding tert-OH is 1. The average Bonchev–Trinajstić information content (AvgIpc) is 2.89. The van der Waals surface area contributed by atoms with E-state index in [2.05, 4.69) is 6.92 Å². The van der Waals surface area contributed by atoms with Gasteiger partial charge in [0, 0.05) is 12.3 Å². The molecule has 136 valence electrons. The fourth-order valence-electron chi connectivity index (χ4n) is 3.27. The molecule has 3 atom stereocenters. The standard InChI is InChI=1S/C20H32O4/c1-2-3-6-10-17(21)13-14-18-16(12-15-19(18)22)9-7-4-5-8-11-20(23)24/h5,8,13-14,16-18,21H,2-4,6-7,9-12,15H2,1H3,(H,23,24)/t16?,17-,18?/m0/s1. The summed E-state index contributed by atoms with van der Waals surface area (Å²) in [5, 5.41) is 18.5. The second-order valence-electron chi connectivity index (χ2n) is 6.74. The van der Waals surface area contributed by atoms with Gasteiger partial charge in [0.2, 0.25) is 0 Å². The highest BCUT2D eigenvalue weighted by Crippen LogP contribution is 2.34. The molecule has 0 aromatic rings. The average molecular weight is 336 g/mol. The van der Waals surface area contributed by atoms with Gasteiger partial charge in [-0.25, -0.2) is 0 Å². The molecule has 24 heavy (non-hydrogen) atoms. The van der Waals surface area contributed by atoms with Gasteiger partial charge in [-0.05, 0) is 38.0 Å². The number of aliphatic carboxylic acids is 1. The molecule has 0 spiro atoms. The summed E-state index contributed by atoms with van der Waals surface area (Å²) in [6, 6.07) is 0. The van der Waals surface area contributed by atoms with Crippen LogP contribution in [0.5, 0.6) is 0 Å². The molecule has 0 aromatic carbocycles. The van der Waals surface area contributed by atoms with Gasteiger partial charge < -0.3 is 10.2 Å². The molecule has 0 heterocycles. The van der Waals surface area contributed by atoms with Crippen molar-refractivity contribution in [3.05, 3.63) is 24.3 Å². The monoisotopic (exact) mass is 336 g/mol. The van der Waals surface area contributed by atoms with Gasteiger partial charge in [0.25, 0.3) is 0 Å². The van der Waals surface area contributed by atoms with Crippen LogP contribution in [0.2, 0.25) is 0 Å². The topological polar surface area (TPSA) is 74.6 Å². The van der Waals surface area contributed by atoms with Gasteiger partial charge in [0.05, 0.1) is 12.5 Å². The summed E-state index contributed by atoms with van der Waals surface area (Å²) in [6.07, 6.45) is 15.4. The Labute approximate surface area is 145 Å². The minimum Gasteiger partial charge on any atom is -0.481 e. The number of carbonyl (C=O) groups is 2. The summed E-state index contributed by atoms with van der Waals surface area (Å²) in [6.45, 7) is 2.14. The fraction of sp³-hybridized carbons (Fsp3) is 0.700. The van der Waals surface area contributed by atoms with E-state index in [1.54, 1.807) is 6.08 Å². The zero-order valence-corrected chi connectivity index (χ0v) is 14.8. The molecule has 0 aliphatic heterocycles. The second-order valence-corrected chi connectivity index (χ2v) is 6.74. The first kappa shape index (κ1) is 20.6. The summed E-state index contributed by atoms with van der Waals surface area (Å²) in [5.74, 6) is -0.202. The summed E-state index contributed by atoms with van der Waals surface area (Å²) in [5.41, 5.74) is 0. The van der Waals surface area contributed by atoms with Crippen molar-refractivity contribution in [3.63, 3.8) is 0 Å². The Hall–Kier alpha value is -1.42. The van der Waals surface area contributed by atoms with E-state index in [1.165, 1.54) is 0 Å². The number of carbonyl (C=O) groups excluding carboxylic acids is 1. The zero-order chi connectivity index (χ0) is 17.8. The third-order valence-electron chi connectivity index (χ3n) is 4.69. The predicted molar refractivity (Wildman–Crippen MR) is 95.8 cm³/mol. The summed E-state index contributed by atoms with van der Waals surface area (Å²) in [7, 11) is 0. The van der Waals surface area contributed by atoms with Crippen molar-refractivity contribution in [2.75, 3.05) is 0 Å². The van der Waals surface area contributed by atoms with Crippen molar-refractivity contribution in [1.29, 1.82) is 0 Å². The third kappa shape index (κ3) is 8.44. The first-order valence-corrected chi connectivity index (χ1v) is 9.30. The van der Waals surface area contributed by atoms with Crippen LogP contribution in [0.3, 0.4) is 0 Å². The molecule has 1 fully saturated rings. The van der Waals surface area contributed by atoms with Crippen LogP contribution in [0.1, 0.15) is 71.1 Å². The van der Waals surface area contributed by atoms with Gasteiger partial charge in [-0.15, -0.1) is 0 Å². The Morgan fingerprint density at radius 1 is 1.29 bits per heavy atom. The van der Waals surface area contributed by atoms with Crippen molar-refractivity contribution < 1.29 is 19.8 Å². The zero-order valence-electron chi connectivity index (χ0n) is 14.8. The molecule has 0 saturated heterocycles. The quantitative estimate of drug-likeness (QED) is 0.412. The van der Waals surface area contributed by atoms with Crippen LogP contribution in [-0.4, -0.2) is 28.1 Å². The van der Waals surface area contributed by atoms with Gasteiger partial charge in [-0.1, -0.05) is 50.5 Å². The second kappa shape index (κ2) is 12.0. The molecule has 0 aromatic heterocycles. The van der Waals surface area contributed by atoms with Crippen LogP contribution < -0.4 is 0 Å². The van der Waals surface area contributed by atoms with E-state index < -0.39 is 12.1 Å². The number of allylic oxidation sites excluding steroid dienone is 2. The van der Waals surface area contributed by atoms with Gasteiger partial charge in [-0.3, -0.25) is 9.59 Å². The lowest BCUT2D eigenvalue weighted by Gasteiger charge is -2.15. The van der Waals surface area contributed by atoms with Crippen LogP contribution in [-0.2, 0) is 9.59 Å². The molecule has 1 saturated carbocycles. The Bertz CT molecular complexity index is 439. The van der Waals surface area contributed by atoms with Crippen LogP contribution in [0.4, 0.5) is 0 Å². The van der Waals surface area contributed by atoms with E-state index in [0.717, 1.165) is 51.4 Å². The SMILES string of the molecule is CCCCC[C@H](O)C=CC1C(=O)CCC1CCCC=CCC(=O)O. The summed E-state index contributed by atoms with van der Waals surface area (Å²) >= 11 is 0. The highest BCUT2D eigenvalue weighted by atomic mass is 16.4. The van der Waals surface area contributed by atoms with E-state index in [4.69, 9.17) is 5.11 Å². The number of ketones is 1. The smallest absolute Gasteiger partial charge is 0.307 e. The third-order valence-corrected chi connectivity index (χ3v) is 4.69. The molecule has 2 N–H and O–H groups in total. The fourth-order valence-corrected chi connectivity index (χ4v) is 3.27. The van der Waals surface area contributed by atoms with Crippen molar-refractivity contribution in [1.82, 2.24) is 0 Å². The van der Waals surface area contributed by atoms with E-state index in [0.29, 0.717) is 18.1 Å². The number of Topliss-reactive ketones (excluding diaryl/α,β-unsaturated/α-hetero) is 1. The van der Waals surface area contributed by atoms with Crippen molar-refractivity contribution in [2.45, 2.75) is 77.2 Å². The lowest BCUT2D eigenvalue weighted by Crippen LogP contribution is -2.13. The number of carboxylic acid groups (broad SMARTS) is 1. The van der Waals surface area contributed by atoms with Crippen molar-refractivity contribution in [3.8, 4) is 0 Å². The molecule has 0 amide bonds. The van der Waals surface area contributed by atoms with Crippen molar-refractivity contribution in [2.24, 2.45) is 11.8 Å². The molecule has 1 rings (SSSR count). The number of hydrogen-bond donors (Lipinski definition) is 2. The maximum Gasteiger partial charge on any atom is 0.307 e. The minimum atomic E-state index is -0.810. The highest BCUT2D eigenvalue weighted by molar-refractivity contribution is 5.85. The van der Waals surface area contributed by atoms with E-state index in [1.807, 2.05) is 18.2 Å². The predicted octanol–water partition coefficient (Wildman–Crippen LogP) is 4.28. The maximum atomic E-state index is 12.1. The Morgan fingerprint density at radius 2 is 2.08 bits per heavy atom. The maximum absolute atomic E-state index is 12.1. The molecule has 1 aliphatic rings. The largest absolute Gasteiger partial charge is 0.481 e. The van der Waals surface area contributed by atoms with Crippen molar-refractivity contribution >= 4 is 11.8 Å². The van der Waals surface area contributed by atoms with E-state index >= 15 is 0 Å². The van der Waals surface area contributed by atoms with Crippen LogP contribution >= 0.6 is 0 Å². The van der Waals surface area contributed by atoms with Crippen LogP contribution in [0.25, 0.3) is 0 Å². The first-order chi connectivity index (χ1) is 11.5. The summed E-state index contributed by atoms with van der Waals surface area (Å²) in [4.78, 5) is 22.5. The number of aliphatic hydroxyl groups is 1. The van der Waals surface area contributed by atoms with E-state index in [-0.39, 0.29) is 12.3 Å². The van der Waals surface area contributed by atoms with Gasteiger partial charge >= 0.3 is 5.97 Å². The Morgan fingerprint density at radius 3 is 2.79 bits per heavy atom. The Balaban J connectivity index is 2.34. The molecular formula is C20H32O4. The van der Waals surface area contributed by atoms with Crippen LogP contribution in [0, 0.1) is 11.8 Å². The van der Waals surface area contributed by atoms with Gasteiger partial charge in [-0.2, -0.15) is 0 Å². The lowest BCUT2D eigenvalue weighted by molar-refractivity contribution is -0.136. The highest BCUT2D eigenvalue weighted by Gasteiger charge is 2.31. The normalized spacial score (nSPS) is 22.7. The Kier molecular flexibility index (Phi) is 10.3. The first-order valence-electron chi connectivity index (χ1n) is 9.30. The molecule has 4 nitrogen and oxygen atoms in total. The number of carboxylic acids is 1. The molecular weight excluding hydrogens is 304 g/mol. The van der Waals surface area contributed by atoms with Crippen LogP contribution in [0.15, 0.2) is 24.3 Å². The van der Waals surface area contributed by atoms with Gasteiger partial charge in [0.15, 0.2) is 0 Å². The molecule has 0 radical (unpaired) electrons. The number of hydrogen-bond acceptors (Lipinski definition) is 3. The van der Waals surface area contributed by atoms with E-state index in [9.17, 15) is 14.7 Å². The number of unbranched alkanes of at least 4 members (excludes halogenated alkanes) is 3. The summed E-state index contributed by atoms with van der Waals surface area (Å²) < 4.78 is 0. The minimum absolute atomic E-state index is 0.0474. The number of rotatable bonds is 12. The van der Waals surface area contributed by atoms with Gasteiger partial charge in [0.1, 0.15) is 5.78 Å².